The average molecular weight is 707 g/mol. The fraction of sp³-hybridized carbons (Fsp3) is 0.675. The molecule has 2 N–H and O–H groups in total. The number of phosphoric acid groups is 1. The Morgan fingerprint density at radius 3 is 1.86 bits per heavy atom. The van der Waals surface area contributed by atoms with Crippen LogP contribution in [0, 0.1) is 0 Å². The molecule has 0 aromatic heterocycles. The van der Waals surface area contributed by atoms with Gasteiger partial charge in [-0.25, -0.2) is 0 Å². The van der Waals surface area contributed by atoms with Gasteiger partial charge in [0.05, 0.1) is 39.9 Å². The monoisotopic (exact) mass is 707 g/mol. The van der Waals surface area contributed by atoms with Crippen LogP contribution in [-0.2, 0) is 18.4 Å². The van der Waals surface area contributed by atoms with Gasteiger partial charge in [-0.05, 0) is 77.0 Å². The van der Waals surface area contributed by atoms with Crippen LogP contribution in [0.25, 0.3) is 0 Å². The molecule has 0 aliphatic rings. The highest BCUT2D eigenvalue weighted by molar-refractivity contribution is 7.45. The van der Waals surface area contributed by atoms with E-state index in [1.54, 1.807) is 6.08 Å². The van der Waals surface area contributed by atoms with Gasteiger partial charge in [0.15, 0.2) is 0 Å². The third-order valence-electron chi connectivity index (χ3n) is 7.63. The maximum absolute atomic E-state index is 12.7. The summed E-state index contributed by atoms with van der Waals surface area (Å²) in [7, 11) is 1.20. The van der Waals surface area contributed by atoms with E-state index in [0.29, 0.717) is 23.9 Å². The number of nitrogens with one attached hydrogen (secondary N) is 1. The van der Waals surface area contributed by atoms with E-state index in [2.05, 4.69) is 79.9 Å². The molecule has 0 aliphatic carbocycles. The van der Waals surface area contributed by atoms with Gasteiger partial charge in [-0.15, -0.1) is 0 Å². The number of hydrogen-bond acceptors (Lipinski definition) is 6. The zero-order chi connectivity index (χ0) is 36.5. The van der Waals surface area contributed by atoms with Gasteiger partial charge in [-0.2, -0.15) is 0 Å². The Balaban J connectivity index is 4.71. The van der Waals surface area contributed by atoms with Crippen molar-refractivity contribution >= 4 is 13.7 Å². The number of rotatable bonds is 32. The molecule has 9 heteroatoms. The van der Waals surface area contributed by atoms with Crippen LogP contribution in [0.4, 0.5) is 0 Å². The molecule has 0 fully saturated rings. The minimum Gasteiger partial charge on any atom is -0.756 e. The van der Waals surface area contributed by atoms with Crippen LogP contribution in [0.15, 0.2) is 72.9 Å². The van der Waals surface area contributed by atoms with Crippen molar-refractivity contribution in [3.05, 3.63) is 72.9 Å². The zero-order valence-corrected chi connectivity index (χ0v) is 32.5. The van der Waals surface area contributed by atoms with Crippen LogP contribution in [0.1, 0.15) is 123 Å². The second kappa shape index (κ2) is 31.9. The van der Waals surface area contributed by atoms with Crippen molar-refractivity contribution in [3.63, 3.8) is 0 Å². The van der Waals surface area contributed by atoms with Crippen molar-refractivity contribution in [1.82, 2.24) is 5.32 Å². The first kappa shape index (κ1) is 46.9. The Kier molecular flexibility index (Phi) is 30.5. The lowest BCUT2D eigenvalue weighted by molar-refractivity contribution is -0.870. The smallest absolute Gasteiger partial charge is 0.268 e. The summed E-state index contributed by atoms with van der Waals surface area (Å²) in [5, 5.41) is 13.6. The molecule has 0 aliphatic heterocycles. The molecular formula is C40H71N2O6P. The standard InChI is InChI=1S/C40H71N2O6P/c1-6-8-10-12-14-16-18-20-22-23-25-27-29-31-33-39(43)38(37-48-49(45,46)47-36-35-42(3,4)5)41-40(44)34-32-30-28-26-24-21-19-17-15-13-11-9-7-2/h9,11,15-18,21,23-25,31,33,38-39,43H,6-8,10,12-14,19-20,22,26-30,32,34-37H2,1-5H3,(H-,41,44,45,46)/b11-9-,17-15-,18-16+,24-21-,25-23+,33-31+. The summed E-state index contributed by atoms with van der Waals surface area (Å²) >= 11 is 0. The molecule has 0 spiro atoms. The number of aliphatic hydroxyl groups is 1. The molecule has 0 saturated heterocycles. The highest BCUT2D eigenvalue weighted by Gasteiger charge is 2.23. The molecule has 0 radical (unpaired) electrons. The molecule has 8 nitrogen and oxygen atoms in total. The Morgan fingerprint density at radius 1 is 0.735 bits per heavy atom. The lowest BCUT2D eigenvalue weighted by Gasteiger charge is -2.29. The summed E-state index contributed by atoms with van der Waals surface area (Å²) in [4.78, 5) is 25.1. The number of carbonyl (C=O) groups excluding carboxylic acids is 1. The minimum atomic E-state index is -4.60. The summed E-state index contributed by atoms with van der Waals surface area (Å²) in [5.74, 6) is -0.247. The Morgan fingerprint density at radius 2 is 1.27 bits per heavy atom. The lowest BCUT2D eigenvalue weighted by Crippen LogP contribution is -2.45. The number of phosphoric ester groups is 1. The molecule has 0 rings (SSSR count). The van der Waals surface area contributed by atoms with Crippen LogP contribution in [0.2, 0.25) is 0 Å². The summed E-state index contributed by atoms with van der Waals surface area (Å²) in [5.41, 5.74) is 0. The number of allylic oxidation sites excluding steroid dienone is 11. The van der Waals surface area contributed by atoms with Crippen LogP contribution >= 0.6 is 7.82 Å². The molecule has 1 amide bonds. The fourth-order valence-corrected chi connectivity index (χ4v) is 5.33. The van der Waals surface area contributed by atoms with Crippen molar-refractivity contribution in [2.75, 3.05) is 40.9 Å². The van der Waals surface area contributed by atoms with E-state index >= 15 is 0 Å². The van der Waals surface area contributed by atoms with Crippen LogP contribution < -0.4 is 10.2 Å². The normalized spacial score (nSPS) is 15.5. The topological polar surface area (TPSA) is 108 Å². The largest absolute Gasteiger partial charge is 0.756 e. The van der Waals surface area contributed by atoms with Crippen molar-refractivity contribution in [2.24, 2.45) is 0 Å². The first-order valence-corrected chi connectivity index (χ1v) is 20.3. The third kappa shape index (κ3) is 34.2. The van der Waals surface area contributed by atoms with Gasteiger partial charge in [-0.1, -0.05) is 112 Å². The molecule has 282 valence electrons. The fourth-order valence-electron chi connectivity index (χ4n) is 4.61. The molecule has 0 aromatic rings. The van der Waals surface area contributed by atoms with Gasteiger partial charge in [0.1, 0.15) is 13.2 Å². The summed E-state index contributed by atoms with van der Waals surface area (Å²) < 4.78 is 23.0. The van der Waals surface area contributed by atoms with E-state index in [1.807, 2.05) is 27.2 Å². The Hall–Kier alpha value is -2.06. The van der Waals surface area contributed by atoms with E-state index in [4.69, 9.17) is 9.05 Å². The van der Waals surface area contributed by atoms with Gasteiger partial charge in [-0.3, -0.25) is 9.36 Å². The van der Waals surface area contributed by atoms with Crippen LogP contribution in [-0.4, -0.2) is 68.5 Å². The number of hydrogen-bond donors (Lipinski definition) is 2. The summed E-state index contributed by atoms with van der Waals surface area (Å²) in [6.45, 7) is 4.41. The van der Waals surface area contributed by atoms with E-state index in [-0.39, 0.29) is 12.5 Å². The predicted molar refractivity (Wildman–Crippen MR) is 205 cm³/mol. The quantitative estimate of drug-likeness (QED) is 0.0313. The van der Waals surface area contributed by atoms with Crippen LogP contribution in [0.3, 0.4) is 0 Å². The molecular weight excluding hydrogens is 635 g/mol. The molecule has 49 heavy (non-hydrogen) atoms. The van der Waals surface area contributed by atoms with E-state index in [9.17, 15) is 19.4 Å². The number of likely N-dealkylation sites (N-methyl/N-ethyl adjacent to an activating group) is 1. The number of nitrogens with zero attached hydrogens (tertiary/aromatic N) is 1. The molecule has 3 unspecified atom stereocenters. The van der Waals surface area contributed by atoms with Gasteiger partial charge in [0, 0.05) is 6.42 Å². The van der Waals surface area contributed by atoms with Gasteiger partial charge < -0.3 is 28.8 Å². The number of unbranched alkanes of at least 4 members (excludes halogenated alkanes) is 9. The average Bonchev–Trinajstić information content (AvgIpc) is 3.04. The predicted octanol–water partition coefficient (Wildman–Crippen LogP) is 9.05. The number of amides is 1. The second-order valence-corrected chi connectivity index (χ2v) is 14.9. The van der Waals surface area contributed by atoms with Crippen molar-refractivity contribution in [1.29, 1.82) is 0 Å². The van der Waals surface area contributed by atoms with Crippen molar-refractivity contribution in [3.8, 4) is 0 Å². The van der Waals surface area contributed by atoms with Gasteiger partial charge in [0.25, 0.3) is 7.82 Å². The number of carbonyl (C=O) groups is 1. The minimum absolute atomic E-state index is 0.0187. The Labute approximate surface area is 300 Å². The molecule has 3 atom stereocenters. The first-order valence-electron chi connectivity index (χ1n) is 18.8. The van der Waals surface area contributed by atoms with E-state index in [0.717, 1.165) is 70.6 Å². The van der Waals surface area contributed by atoms with E-state index in [1.165, 1.54) is 25.7 Å². The Bertz CT molecular complexity index is 1030. The SMILES string of the molecule is CC/C=C\C/C=C\C/C=C\CCCCCC(=O)NC(COP(=O)([O-])OCC[N+](C)(C)C)C(O)/C=C/CC/C=C/CC/C=C/CCCCCC. The first-order chi connectivity index (χ1) is 23.5. The summed E-state index contributed by atoms with van der Waals surface area (Å²) in [6, 6.07) is -0.925. The molecule has 0 heterocycles. The van der Waals surface area contributed by atoms with Crippen LogP contribution in [0.5, 0.6) is 0 Å². The van der Waals surface area contributed by atoms with E-state index < -0.39 is 26.6 Å². The highest BCUT2D eigenvalue weighted by atomic mass is 31.2. The van der Waals surface area contributed by atoms with Gasteiger partial charge >= 0.3 is 0 Å². The maximum atomic E-state index is 12.7. The molecule has 0 bridgehead atoms. The van der Waals surface area contributed by atoms with Crippen molar-refractivity contribution in [2.45, 2.75) is 135 Å². The number of quaternary nitrogens is 1. The third-order valence-corrected chi connectivity index (χ3v) is 8.59. The highest BCUT2D eigenvalue weighted by Crippen LogP contribution is 2.38. The van der Waals surface area contributed by atoms with Crippen molar-refractivity contribution < 1.29 is 32.9 Å². The zero-order valence-electron chi connectivity index (χ0n) is 31.6. The second-order valence-electron chi connectivity index (χ2n) is 13.5. The maximum Gasteiger partial charge on any atom is 0.268 e. The molecule has 0 saturated carbocycles. The summed E-state index contributed by atoms with van der Waals surface area (Å²) in [6.07, 6.45) is 40.9. The lowest BCUT2D eigenvalue weighted by atomic mass is 10.1. The van der Waals surface area contributed by atoms with Gasteiger partial charge in [0.2, 0.25) is 5.91 Å². The molecule has 0 aromatic carbocycles. The number of aliphatic hydroxyl groups excluding tert-OH is 1.